The monoisotopic (exact) mass is 416 g/mol. The fraction of sp³-hybridized carbons (Fsp3) is 0.235. The number of amides is 1. The van der Waals surface area contributed by atoms with Crippen molar-refractivity contribution < 1.29 is 17.9 Å². The first-order valence-corrected chi connectivity index (χ1v) is 10.1. The second-order valence-corrected chi connectivity index (χ2v) is 8.27. The van der Waals surface area contributed by atoms with E-state index >= 15 is 0 Å². The van der Waals surface area contributed by atoms with Crippen molar-refractivity contribution in [2.75, 3.05) is 29.5 Å². The predicted octanol–water partition coefficient (Wildman–Crippen LogP) is 3.54. The summed E-state index contributed by atoms with van der Waals surface area (Å²) in [5, 5.41) is 3.17. The number of nitrogens with one attached hydrogen (secondary N) is 1. The molecule has 0 aliphatic heterocycles. The average Bonchev–Trinajstić information content (AvgIpc) is 2.55. The molecular formula is C17H18Cl2N2O4S. The summed E-state index contributed by atoms with van der Waals surface area (Å²) in [6.07, 6.45) is 1.02. The molecular weight excluding hydrogens is 399 g/mol. The Hall–Kier alpha value is -1.80. The second kappa shape index (κ2) is 8.73. The van der Waals surface area contributed by atoms with E-state index in [0.29, 0.717) is 17.3 Å². The van der Waals surface area contributed by atoms with Crippen LogP contribution in [0, 0.1) is 0 Å². The topological polar surface area (TPSA) is 75.7 Å². The number of hydrogen-bond acceptors (Lipinski definition) is 4. The highest BCUT2D eigenvalue weighted by molar-refractivity contribution is 7.92. The van der Waals surface area contributed by atoms with Crippen LogP contribution >= 0.6 is 23.2 Å². The minimum absolute atomic E-state index is 0.200. The Morgan fingerprint density at radius 1 is 1.15 bits per heavy atom. The molecule has 1 amide bonds. The first-order chi connectivity index (χ1) is 12.2. The van der Waals surface area contributed by atoms with Crippen LogP contribution in [0.5, 0.6) is 0 Å². The lowest BCUT2D eigenvalue weighted by Crippen LogP contribution is -2.37. The van der Waals surface area contributed by atoms with E-state index in [-0.39, 0.29) is 10.7 Å². The van der Waals surface area contributed by atoms with Crippen LogP contribution in [0.15, 0.2) is 42.5 Å². The molecule has 0 aromatic heterocycles. The van der Waals surface area contributed by atoms with E-state index in [1.165, 1.54) is 18.2 Å². The van der Waals surface area contributed by atoms with Gasteiger partial charge in [-0.2, -0.15) is 0 Å². The van der Waals surface area contributed by atoms with Gasteiger partial charge in [0.15, 0.2) is 0 Å². The zero-order valence-corrected chi connectivity index (χ0v) is 16.5. The molecule has 140 valence electrons. The Balaban J connectivity index is 2.19. The van der Waals surface area contributed by atoms with Gasteiger partial charge in [0, 0.05) is 12.8 Å². The van der Waals surface area contributed by atoms with Gasteiger partial charge >= 0.3 is 0 Å². The maximum Gasteiger partial charge on any atom is 0.245 e. The van der Waals surface area contributed by atoms with Crippen molar-refractivity contribution in [1.82, 2.24) is 0 Å². The fourth-order valence-corrected chi connectivity index (χ4v) is 3.42. The van der Waals surface area contributed by atoms with E-state index in [2.05, 4.69) is 5.32 Å². The van der Waals surface area contributed by atoms with Crippen LogP contribution in [0.2, 0.25) is 10.0 Å². The summed E-state index contributed by atoms with van der Waals surface area (Å²) >= 11 is 11.8. The van der Waals surface area contributed by atoms with E-state index in [1.807, 2.05) is 6.07 Å². The van der Waals surface area contributed by atoms with Crippen LogP contribution in [-0.2, 0) is 26.2 Å². The molecule has 2 aromatic carbocycles. The van der Waals surface area contributed by atoms with Gasteiger partial charge in [-0.1, -0.05) is 35.3 Å². The van der Waals surface area contributed by atoms with E-state index in [9.17, 15) is 13.2 Å². The molecule has 0 saturated heterocycles. The molecule has 2 rings (SSSR count). The molecule has 26 heavy (non-hydrogen) atoms. The number of sulfonamides is 1. The Labute approximate surface area is 162 Å². The van der Waals surface area contributed by atoms with Crippen molar-refractivity contribution in [3.8, 4) is 0 Å². The number of carbonyl (C=O) groups excluding carboxylic acids is 1. The standard InChI is InChI=1S/C17H18Cl2N2O4S/c1-25-11-12-4-3-5-13(8-12)20-17(22)10-21(26(2,23)24)14-6-7-15(18)16(19)9-14/h3-9H,10-11H2,1-2H3,(H,20,22). The highest BCUT2D eigenvalue weighted by atomic mass is 35.5. The van der Waals surface area contributed by atoms with Gasteiger partial charge in [0.05, 0.1) is 28.6 Å². The summed E-state index contributed by atoms with van der Waals surface area (Å²) < 4.78 is 30.2. The first-order valence-electron chi connectivity index (χ1n) is 7.51. The molecule has 0 bridgehead atoms. The van der Waals surface area contributed by atoms with Crippen molar-refractivity contribution in [3.05, 3.63) is 58.1 Å². The number of anilines is 2. The van der Waals surface area contributed by atoms with E-state index < -0.39 is 22.5 Å². The maximum absolute atomic E-state index is 12.4. The van der Waals surface area contributed by atoms with E-state index in [0.717, 1.165) is 16.1 Å². The number of ether oxygens (including phenoxy) is 1. The number of nitrogens with zero attached hydrogens (tertiary/aromatic N) is 1. The summed E-state index contributed by atoms with van der Waals surface area (Å²) in [6.45, 7) is 0.00769. The third kappa shape index (κ3) is 5.60. The average molecular weight is 417 g/mol. The van der Waals surface area contributed by atoms with Crippen molar-refractivity contribution in [2.24, 2.45) is 0 Å². The SMILES string of the molecule is COCc1cccc(NC(=O)CN(c2ccc(Cl)c(Cl)c2)S(C)(=O)=O)c1. The molecule has 0 fully saturated rings. The molecule has 1 N–H and O–H groups in total. The summed E-state index contributed by atoms with van der Waals surface area (Å²) in [7, 11) is -2.13. The Kier molecular flexibility index (Phi) is 6.88. The highest BCUT2D eigenvalue weighted by Gasteiger charge is 2.21. The van der Waals surface area contributed by atoms with Crippen LogP contribution in [0.3, 0.4) is 0 Å². The number of rotatable bonds is 7. The van der Waals surface area contributed by atoms with Crippen LogP contribution in [-0.4, -0.2) is 34.2 Å². The van der Waals surface area contributed by atoms with Crippen LogP contribution < -0.4 is 9.62 Å². The third-order valence-corrected chi connectivity index (χ3v) is 5.28. The van der Waals surface area contributed by atoms with Gasteiger partial charge in [-0.25, -0.2) is 8.42 Å². The second-order valence-electron chi connectivity index (χ2n) is 5.55. The van der Waals surface area contributed by atoms with Crippen LogP contribution in [0.1, 0.15) is 5.56 Å². The summed E-state index contributed by atoms with van der Waals surface area (Å²) in [5.74, 6) is -0.490. The predicted molar refractivity (Wildman–Crippen MR) is 104 cm³/mol. The van der Waals surface area contributed by atoms with Crippen LogP contribution in [0.25, 0.3) is 0 Å². The van der Waals surface area contributed by atoms with E-state index in [4.69, 9.17) is 27.9 Å². The molecule has 0 atom stereocenters. The quantitative estimate of drug-likeness (QED) is 0.748. The molecule has 6 nitrogen and oxygen atoms in total. The minimum Gasteiger partial charge on any atom is -0.380 e. The fourth-order valence-electron chi connectivity index (χ4n) is 2.28. The lowest BCUT2D eigenvalue weighted by atomic mass is 10.2. The van der Waals surface area contributed by atoms with Gasteiger partial charge in [0.25, 0.3) is 0 Å². The number of hydrogen-bond donors (Lipinski definition) is 1. The lowest BCUT2D eigenvalue weighted by molar-refractivity contribution is -0.114. The minimum atomic E-state index is -3.70. The molecule has 2 aromatic rings. The number of benzene rings is 2. The van der Waals surface area contributed by atoms with Gasteiger partial charge < -0.3 is 10.1 Å². The Morgan fingerprint density at radius 3 is 2.50 bits per heavy atom. The van der Waals surface area contributed by atoms with Gasteiger partial charge in [-0.05, 0) is 35.9 Å². The molecule has 9 heteroatoms. The molecule has 0 unspecified atom stereocenters. The Bertz CT molecular complexity index is 903. The van der Waals surface area contributed by atoms with Crippen molar-refractivity contribution in [1.29, 1.82) is 0 Å². The largest absolute Gasteiger partial charge is 0.380 e. The molecule has 0 spiro atoms. The number of methoxy groups -OCH3 is 1. The normalized spacial score (nSPS) is 11.2. The van der Waals surface area contributed by atoms with Gasteiger partial charge in [-0.3, -0.25) is 9.10 Å². The highest BCUT2D eigenvalue weighted by Crippen LogP contribution is 2.28. The number of carbonyl (C=O) groups is 1. The summed E-state index contributed by atoms with van der Waals surface area (Å²) in [5.41, 5.74) is 1.69. The van der Waals surface area contributed by atoms with Crippen molar-refractivity contribution >= 4 is 50.5 Å². The third-order valence-electron chi connectivity index (χ3n) is 3.40. The van der Waals surface area contributed by atoms with Crippen LogP contribution in [0.4, 0.5) is 11.4 Å². The zero-order valence-electron chi connectivity index (χ0n) is 14.2. The molecule has 0 radical (unpaired) electrons. The number of halogens is 2. The molecule has 0 aliphatic rings. The summed E-state index contributed by atoms with van der Waals surface area (Å²) in [6, 6.07) is 11.5. The van der Waals surface area contributed by atoms with Gasteiger partial charge in [-0.15, -0.1) is 0 Å². The van der Waals surface area contributed by atoms with E-state index in [1.54, 1.807) is 25.3 Å². The van der Waals surface area contributed by atoms with Gasteiger partial charge in [0.2, 0.25) is 15.9 Å². The van der Waals surface area contributed by atoms with Gasteiger partial charge in [0.1, 0.15) is 6.54 Å². The first kappa shape index (κ1) is 20.5. The van der Waals surface area contributed by atoms with Crippen molar-refractivity contribution in [2.45, 2.75) is 6.61 Å². The molecule has 0 saturated carbocycles. The Morgan fingerprint density at radius 2 is 1.88 bits per heavy atom. The van der Waals surface area contributed by atoms with Crippen molar-refractivity contribution in [3.63, 3.8) is 0 Å². The molecule has 0 heterocycles. The smallest absolute Gasteiger partial charge is 0.245 e. The maximum atomic E-state index is 12.4. The molecule has 0 aliphatic carbocycles. The summed E-state index contributed by atoms with van der Waals surface area (Å²) in [4.78, 5) is 12.4. The zero-order chi connectivity index (χ0) is 19.3. The lowest BCUT2D eigenvalue weighted by Gasteiger charge is -2.22.